The Labute approximate surface area is 151 Å². The molecule has 0 radical (unpaired) electrons. The van der Waals surface area contributed by atoms with Gasteiger partial charge in [-0.15, -0.1) is 11.3 Å². The second-order valence-electron chi connectivity index (χ2n) is 5.88. The summed E-state index contributed by atoms with van der Waals surface area (Å²) in [6.07, 6.45) is 0.137. The lowest BCUT2D eigenvalue weighted by atomic mass is 9.95. The molecule has 0 spiro atoms. The number of ether oxygens (including phenoxy) is 2. The molecule has 3 heterocycles. The van der Waals surface area contributed by atoms with Crippen molar-refractivity contribution in [3.63, 3.8) is 0 Å². The first-order valence-electron chi connectivity index (χ1n) is 7.87. The molecule has 2 aromatic heterocycles. The highest BCUT2D eigenvalue weighted by Crippen LogP contribution is 2.37. The Kier molecular flexibility index (Phi) is 4.70. The summed E-state index contributed by atoms with van der Waals surface area (Å²) < 4.78 is 39.1. The van der Waals surface area contributed by atoms with Gasteiger partial charge in [0, 0.05) is 5.38 Å². The molecule has 0 bridgehead atoms. The van der Waals surface area contributed by atoms with Gasteiger partial charge in [0.05, 0.1) is 23.8 Å². The van der Waals surface area contributed by atoms with Gasteiger partial charge >= 0.3 is 5.92 Å². The van der Waals surface area contributed by atoms with E-state index in [1.165, 1.54) is 18.4 Å². The number of nitrogens with zero attached hydrogens (tertiary/aromatic N) is 1. The van der Waals surface area contributed by atoms with Crippen molar-refractivity contribution in [3.8, 4) is 11.6 Å². The summed E-state index contributed by atoms with van der Waals surface area (Å²) in [6.45, 7) is 1.48. The van der Waals surface area contributed by atoms with Gasteiger partial charge in [-0.05, 0) is 12.5 Å². The van der Waals surface area contributed by atoms with Crippen LogP contribution in [0.4, 0.5) is 8.78 Å². The number of primary amides is 1. The van der Waals surface area contributed by atoms with E-state index in [4.69, 9.17) is 15.2 Å². The number of carbonyl (C=O) groups excluding carboxylic acids is 2. The van der Waals surface area contributed by atoms with E-state index in [1.54, 1.807) is 18.4 Å². The minimum atomic E-state index is -3.41. The van der Waals surface area contributed by atoms with Crippen molar-refractivity contribution in [1.29, 1.82) is 0 Å². The molecular weight excluding hydrogens is 368 g/mol. The Morgan fingerprint density at radius 1 is 1.50 bits per heavy atom. The fourth-order valence-corrected chi connectivity index (χ4v) is 3.87. The van der Waals surface area contributed by atoms with Gasteiger partial charge < -0.3 is 20.5 Å². The number of nitrogens with two attached hydrogens (primary N) is 1. The first-order chi connectivity index (χ1) is 12.3. The molecule has 1 aliphatic heterocycles. The highest BCUT2D eigenvalue weighted by molar-refractivity contribution is 7.17. The van der Waals surface area contributed by atoms with E-state index in [2.05, 4.69) is 10.3 Å². The van der Waals surface area contributed by atoms with Crippen molar-refractivity contribution in [2.45, 2.75) is 25.3 Å². The minimum Gasteiger partial charge on any atom is -0.488 e. The molecule has 3 N–H and O–H groups in total. The largest absolute Gasteiger partial charge is 0.488 e. The fraction of sp³-hybridized carbons (Fsp3) is 0.438. The third kappa shape index (κ3) is 2.94. The number of hydrogen-bond acceptors (Lipinski definition) is 6. The molecule has 0 aliphatic carbocycles. The predicted octanol–water partition coefficient (Wildman–Crippen LogP) is 1.94. The maximum atomic E-state index is 13.9. The number of carbonyl (C=O) groups is 2. The predicted molar refractivity (Wildman–Crippen MR) is 90.8 cm³/mol. The van der Waals surface area contributed by atoms with E-state index in [0.717, 1.165) is 0 Å². The fourth-order valence-electron chi connectivity index (χ4n) is 3.02. The van der Waals surface area contributed by atoms with Gasteiger partial charge in [-0.3, -0.25) is 9.59 Å². The van der Waals surface area contributed by atoms with Crippen LogP contribution in [0.2, 0.25) is 0 Å². The van der Waals surface area contributed by atoms with Crippen LogP contribution in [-0.4, -0.2) is 42.5 Å². The number of amides is 2. The highest BCUT2D eigenvalue weighted by Gasteiger charge is 2.56. The molecule has 2 aromatic rings. The van der Waals surface area contributed by atoms with Crippen molar-refractivity contribution >= 4 is 33.4 Å². The lowest BCUT2D eigenvalue weighted by molar-refractivity contribution is -0.144. The average Bonchev–Trinajstić information content (AvgIpc) is 3.09. The van der Waals surface area contributed by atoms with Crippen molar-refractivity contribution in [3.05, 3.63) is 17.0 Å². The number of aromatic nitrogens is 1. The van der Waals surface area contributed by atoms with Crippen LogP contribution < -0.4 is 20.5 Å². The lowest BCUT2D eigenvalue weighted by Gasteiger charge is -2.20. The monoisotopic (exact) mass is 385 g/mol. The van der Waals surface area contributed by atoms with Crippen LogP contribution in [0.25, 0.3) is 10.2 Å². The minimum absolute atomic E-state index is 0.0559. The van der Waals surface area contributed by atoms with Gasteiger partial charge in [0.1, 0.15) is 17.7 Å². The summed E-state index contributed by atoms with van der Waals surface area (Å²) in [5.41, 5.74) is 5.87. The molecule has 1 aliphatic rings. The van der Waals surface area contributed by atoms with Gasteiger partial charge in [0.25, 0.3) is 11.8 Å². The number of fused-ring (bicyclic) bond motifs is 1. The maximum Gasteiger partial charge on any atom is 0.329 e. The molecule has 26 heavy (non-hydrogen) atoms. The second-order valence-corrected chi connectivity index (χ2v) is 6.80. The molecule has 2 unspecified atom stereocenters. The molecule has 2 atom stereocenters. The molecule has 1 fully saturated rings. The van der Waals surface area contributed by atoms with Crippen LogP contribution in [0.1, 0.15) is 23.7 Å². The first-order valence-corrected chi connectivity index (χ1v) is 8.75. The van der Waals surface area contributed by atoms with Crippen LogP contribution in [-0.2, 0) is 4.79 Å². The third-order valence-electron chi connectivity index (χ3n) is 4.37. The van der Waals surface area contributed by atoms with Crippen LogP contribution in [0.3, 0.4) is 0 Å². The SMILES string of the molecule is CCC1C(COc2csc3cc(C(N)=O)c(OC)nc23)NC(=O)C1(F)F. The van der Waals surface area contributed by atoms with E-state index in [9.17, 15) is 18.4 Å². The van der Waals surface area contributed by atoms with Gasteiger partial charge in [0.2, 0.25) is 5.88 Å². The van der Waals surface area contributed by atoms with E-state index in [-0.39, 0.29) is 24.5 Å². The summed E-state index contributed by atoms with van der Waals surface area (Å²) in [4.78, 5) is 27.1. The quantitative estimate of drug-likeness (QED) is 0.791. The lowest BCUT2D eigenvalue weighted by Crippen LogP contribution is -2.35. The van der Waals surface area contributed by atoms with Crippen LogP contribution >= 0.6 is 11.3 Å². The Hall–Kier alpha value is -2.49. The molecule has 3 rings (SSSR count). The Balaban J connectivity index is 1.84. The normalized spacial score (nSPS) is 21.6. The Bertz CT molecular complexity index is 871. The summed E-state index contributed by atoms with van der Waals surface area (Å²) >= 11 is 1.27. The smallest absolute Gasteiger partial charge is 0.329 e. The van der Waals surface area contributed by atoms with Crippen molar-refractivity contribution in [2.75, 3.05) is 13.7 Å². The zero-order valence-corrected chi connectivity index (χ0v) is 14.9. The molecule has 140 valence electrons. The zero-order chi connectivity index (χ0) is 19.1. The Morgan fingerprint density at radius 2 is 2.23 bits per heavy atom. The second kappa shape index (κ2) is 6.67. The number of hydrogen-bond donors (Lipinski definition) is 2. The molecule has 7 nitrogen and oxygen atoms in total. The molecule has 1 saturated heterocycles. The summed E-state index contributed by atoms with van der Waals surface area (Å²) in [5, 5.41) is 3.94. The van der Waals surface area contributed by atoms with Crippen LogP contribution in [0.5, 0.6) is 11.6 Å². The standard InChI is InChI=1S/C16H17F2N3O4S/c1-3-8-9(20-15(23)16(8,17)18)5-25-10-6-26-11-4-7(13(19)22)14(24-2)21-12(10)11/h4,6,8-9H,3,5H2,1-2H3,(H2,19,22)(H,20,23). The number of alkyl halides is 2. The van der Waals surface area contributed by atoms with Gasteiger partial charge in [-0.1, -0.05) is 6.92 Å². The van der Waals surface area contributed by atoms with Gasteiger partial charge in [0.15, 0.2) is 5.75 Å². The average molecular weight is 385 g/mol. The number of halogens is 2. The zero-order valence-electron chi connectivity index (χ0n) is 14.0. The van der Waals surface area contributed by atoms with Gasteiger partial charge in [-0.2, -0.15) is 8.78 Å². The number of thiophene rings is 1. The van der Waals surface area contributed by atoms with E-state index in [1.807, 2.05) is 0 Å². The topological polar surface area (TPSA) is 104 Å². The van der Waals surface area contributed by atoms with Crippen molar-refractivity contribution in [2.24, 2.45) is 11.7 Å². The third-order valence-corrected chi connectivity index (χ3v) is 5.26. The number of pyridine rings is 1. The van der Waals surface area contributed by atoms with Crippen molar-refractivity contribution < 1.29 is 27.8 Å². The number of rotatable bonds is 6. The van der Waals surface area contributed by atoms with E-state index in [0.29, 0.717) is 16.0 Å². The first kappa shape index (κ1) is 18.3. The van der Waals surface area contributed by atoms with E-state index >= 15 is 0 Å². The van der Waals surface area contributed by atoms with Crippen LogP contribution in [0.15, 0.2) is 11.4 Å². The van der Waals surface area contributed by atoms with Crippen molar-refractivity contribution in [1.82, 2.24) is 10.3 Å². The molecule has 10 heteroatoms. The van der Waals surface area contributed by atoms with Gasteiger partial charge in [-0.25, -0.2) is 4.98 Å². The summed E-state index contributed by atoms with van der Waals surface area (Å²) in [5.74, 6) is -6.08. The number of methoxy groups -OCH3 is 1. The highest BCUT2D eigenvalue weighted by atomic mass is 32.1. The van der Waals surface area contributed by atoms with E-state index < -0.39 is 29.7 Å². The molecule has 0 saturated carbocycles. The maximum absolute atomic E-state index is 13.9. The molecular formula is C16H17F2N3O4S. The van der Waals surface area contributed by atoms with Crippen LogP contribution in [0, 0.1) is 5.92 Å². The summed E-state index contributed by atoms with van der Waals surface area (Å²) in [7, 11) is 1.36. The molecule has 2 amide bonds. The molecule has 0 aromatic carbocycles. The Morgan fingerprint density at radius 3 is 2.85 bits per heavy atom. The number of nitrogens with one attached hydrogen (secondary N) is 1. The summed E-state index contributed by atoms with van der Waals surface area (Å²) in [6, 6.07) is 0.741.